The van der Waals surface area contributed by atoms with Crippen LogP contribution in [0.25, 0.3) is 0 Å². The number of ether oxygens (including phenoxy) is 2. The van der Waals surface area contributed by atoms with Crippen LogP contribution in [0.15, 0.2) is 12.1 Å². The molecule has 0 bridgehead atoms. The molecular weight excluding hydrogens is 230 g/mol. The monoisotopic (exact) mass is 246 g/mol. The normalized spacial score (nSPS) is 12.8. The van der Waals surface area contributed by atoms with Crippen molar-refractivity contribution in [3.63, 3.8) is 0 Å². The van der Waals surface area contributed by atoms with E-state index in [9.17, 15) is 13.9 Å². The molecule has 1 N–H and O–H groups in total. The minimum atomic E-state index is -1.18. The number of rotatable bonds is 6. The molecule has 0 saturated carbocycles. The van der Waals surface area contributed by atoms with Gasteiger partial charge in [-0.05, 0) is 12.5 Å². The molecule has 0 radical (unpaired) electrons. The average Bonchev–Trinajstić information content (AvgIpc) is 2.31. The van der Waals surface area contributed by atoms with Gasteiger partial charge >= 0.3 is 0 Å². The van der Waals surface area contributed by atoms with Crippen molar-refractivity contribution >= 4 is 0 Å². The summed E-state index contributed by atoms with van der Waals surface area (Å²) in [5.41, 5.74) is 0.115. The highest BCUT2D eigenvalue weighted by molar-refractivity contribution is 5.27. The molecule has 17 heavy (non-hydrogen) atoms. The van der Waals surface area contributed by atoms with E-state index in [2.05, 4.69) is 0 Å². The van der Waals surface area contributed by atoms with Crippen LogP contribution in [0.4, 0.5) is 8.78 Å². The van der Waals surface area contributed by atoms with Crippen LogP contribution < -0.4 is 0 Å². The lowest BCUT2D eigenvalue weighted by atomic mass is 10.1. The Hall–Kier alpha value is -1.04. The first-order valence-electron chi connectivity index (χ1n) is 5.27. The Kier molecular flexibility index (Phi) is 5.47. The van der Waals surface area contributed by atoms with E-state index in [1.165, 1.54) is 26.2 Å². The van der Waals surface area contributed by atoms with Crippen molar-refractivity contribution in [3.8, 4) is 0 Å². The third-order valence-electron chi connectivity index (χ3n) is 2.37. The van der Waals surface area contributed by atoms with Crippen LogP contribution in [0, 0.1) is 18.6 Å². The van der Waals surface area contributed by atoms with Crippen molar-refractivity contribution in [2.75, 3.05) is 26.9 Å². The van der Waals surface area contributed by atoms with Crippen molar-refractivity contribution in [2.24, 2.45) is 0 Å². The van der Waals surface area contributed by atoms with E-state index in [0.717, 1.165) is 0 Å². The minimum absolute atomic E-state index is 0.0921. The van der Waals surface area contributed by atoms with E-state index in [1.54, 1.807) is 0 Å². The summed E-state index contributed by atoms with van der Waals surface area (Å²) in [6, 6.07) is 2.78. The number of aliphatic hydroxyl groups is 1. The van der Waals surface area contributed by atoms with E-state index < -0.39 is 17.7 Å². The summed E-state index contributed by atoms with van der Waals surface area (Å²) in [6.45, 7) is 2.05. The minimum Gasteiger partial charge on any atom is -0.386 e. The Bertz CT molecular complexity index is 369. The highest BCUT2D eigenvalue weighted by atomic mass is 19.2. The highest BCUT2D eigenvalue weighted by Crippen LogP contribution is 2.21. The topological polar surface area (TPSA) is 38.7 Å². The van der Waals surface area contributed by atoms with Gasteiger partial charge in [-0.1, -0.05) is 12.1 Å². The lowest BCUT2D eigenvalue weighted by Gasteiger charge is -2.13. The maximum absolute atomic E-state index is 13.5. The number of halogens is 2. The quantitative estimate of drug-likeness (QED) is 0.780. The molecule has 0 fully saturated rings. The zero-order valence-corrected chi connectivity index (χ0v) is 9.87. The van der Waals surface area contributed by atoms with Gasteiger partial charge in [0.25, 0.3) is 0 Å². The number of hydrogen-bond donors (Lipinski definition) is 1. The smallest absolute Gasteiger partial charge is 0.164 e. The Labute approximate surface area is 99.0 Å². The number of methoxy groups -OCH3 is 1. The van der Waals surface area contributed by atoms with Crippen LogP contribution in [0.2, 0.25) is 0 Å². The maximum Gasteiger partial charge on any atom is 0.164 e. The second-order valence-corrected chi connectivity index (χ2v) is 3.68. The van der Waals surface area contributed by atoms with Crippen LogP contribution >= 0.6 is 0 Å². The first kappa shape index (κ1) is 14.0. The zero-order valence-electron chi connectivity index (χ0n) is 9.87. The Balaban J connectivity index is 2.63. The molecule has 1 aromatic carbocycles. The molecule has 96 valence electrons. The van der Waals surface area contributed by atoms with Crippen molar-refractivity contribution in [1.29, 1.82) is 0 Å². The molecule has 3 nitrogen and oxygen atoms in total. The van der Waals surface area contributed by atoms with Crippen molar-refractivity contribution in [1.82, 2.24) is 0 Å². The largest absolute Gasteiger partial charge is 0.386 e. The maximum atomic E-state index is 13.5. The molecule has 1 aromatic rings. The molecule has 1 atom stereocenters. The molecule has 5 heteroatoms. The van der Waals surface area contributed by atoms with E-state index in [0.29, 0.717) is 13.2 Å². The fraction of sp³-hybridized carbons (Fsp3) is 0.500. The Morgan fingerprint density at radius 1 is 1.24 bits per heavy atom. The fourth-order valence-corrected chi connectivity index (χ4v) is 1.35. The summed E-state index contributed by atoms with van der Waals surface area (Å²) in [7, 11) is 1.52. The Morgan fingerprint density at radius 3 is 2.59 bits per heavy atom. The second-order valence-electron chi connectivity index (χ2n) is 3.68. The molecule has 0 aliphatic heterocycles. The molecule has 0 aliphatic carbocycles. The summed E-state index contributed by atoms with van der Waals surface area (Å²) in [6.07, 6.45) is -1.18. The molecule has 0 spiro atoms. The number of benzene rings is 1. The van der Waals surface area contributed by atoms with Crippen molar-refractivity contribution in [3.05, 3.63) is 34.9 Å². The third-order valence-corrected chi connectivity index (χ3v) is 2.37. The van der Waals surface area contributed by atoms with Gasteiger partial charge in [0, 0.05) is 12.7 Å². The van der Waals surface area contributed by atoms with Crippen molar-refractivity contribution in [2.45, 2.75) is 13.0 Å². The SMILES string of the molecule is COCCOCC(O)c1ccc(C)c(F)c1F. The lowest BCUT2D eigenvalue weighted by Crippen LogP contribution is -2.12. The molecule has 0 aromatic heterocycles. The van der Waals surface area contributed by atoms with E-state index >= 15 is 0 Å². The zero-order chi connectivity index (χ0) is 12.8. The number of aliphatic hydroxyl groups excluding tert-OH is 1. The van der Waals surface area contributed by atoms with E-state index in [-0.39, 0.29) is 17.7 Å². The van der Waals surface area contributed by atoms with Crippen LogP contribution in [0.1, 0.15) is 17.2 Å². The standard InChI is InChI=1S/C12H16F2O3/c1-8-3-4-9(12(14)11(8)13)10(15)7-17-6-5-16-2/h3-4,10,15H,5-7H2,1-2H3. The van der Waals surface area contributed by atoms with Crippen LogP contribution in [-0.2, 0) is 9.47 Å². The molecule has 1 rings (SSSR count). The number of hydrogen-bond acceptors (Lipinski definition) is 3. The van der Waals surface area contributed by atoms with Crippen LogP contribution in [-0.4, -0.2) is 32.0 Å². The van der Waals surface area contributed by atoms with Crippen LogP contribution in [0.5, 0.6) is 0 Å². The summed E-state index contributed by atoms with van der Waals surface area (Å²) >= 11 is 0. The lowest BCUT2D eigenvalue weighted by molar-refractivity contribution is 0.0111. The molecule has 0 amide bonds. The predicted molar refractivity (Wildman–Crippen MR) is 58.7 cm³/mol. The van der Waals surface area contributed by atoms with Gasteiger partial charge in [0.05, 0.1) is 19.8 Å². The summed E-state index contributed by atoms with van der Waals surface area (Å²) < 4.78 is 36.5. The summed E-state index contributed by atoms with van der Waals surface area (Å²) in [4.78, 5) is 0. The average molecular weight is 246 g/mol. The molecule has 1 unspecified atom stereocenters. The van der Waals surface area contributed by atoms with Gasteiger partial charge in [0.15, 0.2) is 11.6 Å². The molecular formula is C12H16F2O3. The van der Waals surface area contributed by atoms with Gasteiger partial charge in [0.1, 0.15) is 6.10 Å². The van der Waals surface area contributed by atoms with Crippen LogP contribution in [0.3, 0.4) is 0 Å². The molecule has 0 saturated heterocycles. The fourth-order valence-electron chi connectivity index (χ4n) is 1.35. The summed E-state index contributed by atoms with van der Waals surface area (Å²) in [5, 5.41) is 9.64. The number of aryl methyl sites for hydroxylation is 1. The van der Waals surface area contributed by atoms with Gasteiger partial charge in [-0.3, -0.25) is 0 Å². The summed E-state index contributed by atoms with van der Waals surface area (Å²) in [5.74, 6) is -1.95. The van der Waals surface area contributed by atoms with Crippen molar-refractivity contribution < 1.29 is 23.4 Å². The first-order chi connectivity index (χ1) is 8.07. The first-order valence-corrected chi connectivity index (χ1v) is 5.27. The van der Waals surface area contributed by atoms with E-state index in [4.69, 9.17) is 9.47 Å². The molecule has 0 heterocycles. The van der Waals surface area contributed by atoms with Gasteiger partial charge < -0.3 is 14.6 Å². The second kappa shape index (κ2) is 6.64. The van der Waals surface area contributed by atoms with Gasteiger partial charge in [-0.25, -0.2) is 8.78 Å². The van der Waals surface area contributed by atoms with Gasteiger partial charge in [-0.15, -0.1) is 0 Å². The highest BCUT2D eigenvalue weighted by Gasteiger charge is 2.17. The molecule has 0 aliphatic rings. The van der Waals surface area contributed by atoms with E-state index in [1.807, 2.05) is 0 Å². The third kappa shape index (κ3) is 3.73. The predicted octanol–water partition coefficient (Wildman–Crippen LogP) is 1.97. The van der Waals surface area contributed by atoms with Gasteiger partial charge in [-0.2, -0.15) is 0 Å². The Morgan fingerprint density at radius 2 is 1.94 bits per heavy atom. The van der Waals surface area contributed by atoms with Gasteiger partial charge in [0.2, 0.25) is 0 Å².